The molecule has 2 aromatic rings. The van der Waals surface area contributed by atoms with Crippen LogP contribution in [0.5, 0.6) is 11.5 Å². The fourth-order valence-corrected chi connectivity index (χ4v) is 5.02. The number of H-pyrrole nitrogens is 1. The first-order valence-electron chi connectivity index (χ1n) is 8.37. The van der Waals surface area contributed by atoms with Crippen molar-refractivity contribution >= 4 is 15.7 Å². The van der Waals surface area contributed by atoms with Gasteiger partial charge in [-0.1, -0.05) is 0 Å². The van der Waals surface area contributed by atoms with Crippen LogP contribution in [0.25, 0.3) is 0 Å². The minimum Gasteiger partial charge on any atom is -0.497 e. The Morgan fingerprint density at radius 3 is 2.31 bits per heavy atom. The molecule has 1 aromatic heterocycles. The second-order valence-electron chi connectivity index (χ2n) is 6.19. The highest BCUT2D eigenvalue weighted by atomic mass is 32.2. The SMILES string of the molecule is COc1ccc(OC)c(N2CCN(S(=O)(=O)c3c(C)n[nH]c3C)CC2)c1. The Hall–Kier alpha value is -2.26. The fraction of sp³-hybridized carbons (Fsp3) is 0.471. The smallest absolute Gasteiger partial charge is 0.246 e. The third-order valence-electron chi connectivity index (χ3n) is 4.62. The molecule has 0 unspecified atom stereocenters. The van der Waals surface area contributed by atoms with E-state index in [0.717, 1.165) is 17.2 Å². The third kappa shape index (κ3) is 3.24. The number of aromatic amines is 1. The molecule has 1 fully saturated rings. The minimum atomic E-state index is -3.56. The molecule has 0 radical (unpaired) electrons. The van der Waals surface area contributed by atoms with E-state index in [2.05, 4.69) is 15.1 Å². The van der Waals surface area contributed by atoms with E-state index in [1.807, 2.05) is 18.2 Å². The van der Waals surface area contributed by atoms with Crippen molar-refractivity contribution in [2.24, 2.45) is 0 Å². The van der Waals surface area contributed by atoms with E-state index in [1.54, 1.807) is 28.1 Å². The molecule has 0 aliphatic carbocycles. The number of piperazine rings is 1. The number of methoxy groups -OCH3 is 2. The number of anilines is 1. The molecule has 9 heteroatoms. The van der Waals surface area contributed by atoms with Crippen molar-refractivity contribution < 1.29 is 17.9 Å². The number of ether oxygens (including phenoxy) is 2. The Morgan fingerprint density at radius 1 is 1.08 bits per heavy atom. The molecular formula is C17H24N4O4S. The number of hydrogen-bond donors (Lipinski definition) is 1. The summed E-state index contributed by atoms with van der Waals surface area (Å²) in [7, 11) is -0.319. The van der Waals surface area contributed by atoms with Gasteiger partial charge in [0.25, 0.3) is 0 Å². The monoisotopic (exact) mass is 380 g/mol. The van der Waals surface area contributed by atoms with Crippen molar-refractivity contribution in [2.75, 3.05) is 45.3 Å². The van der Waals surface area contributed by atoms with Gasteiger partial charge in [0, 0.05) is 32.2 Å². The second-order valence-corrected chi connectivity index (χ2v) is 8.07. The molecule has 8 nitrogen and oxygen atoms in total. The number of aromatic nitrogens is 2. The molecule has 0 saturated carbocycles. The molecular weight excluding hydrogens is 356 g/mol. The van der Waals surface area contributed by atoms with Crippen molar-refractivity contribution in [3.63, 3.8) is 0 Å². The van der Waals surface area contributed by atoms with E-state index < -0.39 is 10.0 Å². The normalized spacial score (nSPS) is 15.9. The van der Waals surface area contributed by atoms with E-state index in [0.29, 0.717) is 37.6 Å². The maximum atomic E-state index is 13.0. The van der Waals surface area contributed by atoms with Crippen molar-refractivity contribution in [1.82, 2.24) is 14.5 Å². The number of nitrogens with zero attached hydrogens (tertiary/aromatic N) is 3. The first kappa shape index (κ1) is 18.5. The molecule has 1 aromatic carbocycles. The first-order valence-corrected chi connectivity index (χ1v) is 9.81. The zero-order valence-electron chi connectivity index (χ0n) is 15.4. The summed E-state index contributed by atoms with van der Waals surface area (Å²) in [5.41, 5.74) is 1.97. The molecule has 2 heterocycles. The zero-order valence-corrected chi connectivity index (χ0v) is 16.3. The number of benzene rings is 1. The average molecular weight is 380 g/mol. The van der Waals surface area contributed by atoms with Crippen molar-refractivity contribution in [1.29, 1.82) is 0 Å². The van der Waals surface area contributed by atoms with Gasteiger partial charge in [0.1, 0.15) is 16.4 Å². The Bertz CT molecular complexity index is 867. The summed E-state index contributed by atoms with van der Waals surface area (Å²) in [6.45, 7) is 5.36. The van der Waals surface area contributed by atoms with Gasteiger partial charge in [-0.2, -0.15) is 9.40 Å². The third-order valence-corrected chi connectivity index (χ3v) is 6.79. The van der Waals surface area contributed by atoms with Crippen molar-refractivity contribution in [2.45, 2.75) is 18.7 Å². The molecule has 1 aliphatic heterocycles. The largest absolute Gasteiger partial charge is 0.497 e. The molecule has 0 spiro atoms. The number of aryl methyl sites for hydroxylation is 2. The predicted octanol–water partition coefficient (Wildman–Crippen LogP) is 1.55. The summed E-state index contributed by atoms with van der Waals surface area (Å²) in [5, 5.41) is 6.76. The number of nitrogens with one attached hydrogen (secondary N) is 1. The second kappa shape index (κ2) is 7.16. The van der Waals surface area contributed by atoms with Crippen LogP contribution in [0.1, 0.15) is 11.4 Å². The summed E-state index contributed by atoms with van der Waals surface area (Å²) in [6, 6.07) is 5.61. The van der Waals surface area contributed by atoms with Gasteiger partial charge in [-0.3, -0.25) is 5.10 Å². The molecule has 0 bridgehead atoms. The molecule has 1 N–H and O–H groups in total. The van der Waals surface area contributed by atoms with Crippen LogP contribution in [0.2, 0.25) is 0 Å². The highest BCUT2D eigenvalue weighted by Crippen LogP contribution is 2.33. The lowest BCUT2D eigenvalue weighted by Gasteiger charge is -2.36. The first-order chi connectivity index (χ1) is 12.4. The Morgan fingerprint density at radius 2 is 1.77 bits per heavy atom. The van der Waals surface area contributed by atoms with E-state index in [-0.39, 0.29) is 4.90 Å². The van der Waals surface area contributed by atoms with Gasteiger partial charge in [-0.25, -0.2) is 8.42 Å². The van der Waals surface area contributed by atoms with Gasteiger partial charge in [0.05, 0.1) is 31.3 Å². The van der Waals surface area contributed by atoms with Gasteiger partial charge in [-0.05, 0) is 26.0 Å². The number of hydrogen-bond acceptors (Lipinski definition) is 6. The zero-order chi connectivity index (χ0) is 18.9. The summed E-state index contributed by atoms with van der Waals surface area (Å²) < 4.78 is 38.2. The molecule has 1 aliphatic rings. The molecule has 3 rings (SSSR count). The molecule has 0 atom stereocenters. The van der Waals surface area contributed by atoms with Crippen LogP contribution in [-0.2, 0) is 10.0 Å². The van der Waals surface area contributed by atoms with E-state index in [1.165, 1.54) is 4.31 Å². The van der Waals surface area contributed by atoms with Crippen LogP contribution in [-0.4, -0.2) is 63.3 Å². The lowest BCUT2D eigenvalue weighted by atomic mass is 10.2. The molecule has 26 heavy (non-hydrogen) atoms. The highest BCUT2D eigenvalue weighted by Gasteiger charge is 2.32. The topological polar surface area (TPSA) is 87.8 Å². The summed E-state index contributed by atoms with van der Waals surface area (Å²) in [4.78, 5) is 2.40. The van der Waals surface area contributed by atoms with Crippen molar-refractivity contribution in [3.8, 4) is 11.5 Å². The summed E-state index contributed by atoms with van der Waals surface area (Å²) >= 11 is 0. The Labute approximate surface area is 153 Å². The number of sulfonamides is 1. The van der Waals surface area contributed by atoms with E-state index in [9.17, 15) is 8.42 Å². The van der Waals surface area contributed by atoms with Crippen LogP contribution in [0.15, 0.2) is 23.1 Å². The Balaban J connectivity index is 1.80. The van der Waals surface area contributed by atoms with Gasteiger partial charge in [0.15, 0.2) is 0 Å². The van der Waals surface area contributed by atoms with Crippen molar-refractivity contribution in [3.05, 3.63) is 29.6 Å². The quantitative estimate of drug-likeness (QED) is 0.847. The summed E-state index contributed by atoms with van der Waals surface area (Å²) in [5.74, 6) is 1.48. The lowest BCUT2D eigenvalue weighted by Crippen LogP contribution is -2.48. The van der Waals surface area contributed by atoms with Gasteiger partial charge < -0.3 is 14.4 Å². The van der Waals surface area contributed by atoms with Crippen LogP contribution in [0, 0.1) is 13.8 Å². The highest BCUT2D eigenvalue weighted by molar-refractivity contribution is 7.89. The van der Waals surface area contributed by atoms with Gasteiger partial charge in [0.2, 0.25) is 10.0 Å². The maximum Gasteiger partial charge on any atom is 0.246 e. The minimum absolute atomic E-state index is 0.282. The van der Waals surface area contributed by atoms with Gasteiger partial charge >= 0.3 is 0 Å². The standard InChI is InChI=1S/C17H24N4O4S/c1-12-17(13(2)19-18-12)26(22,23)21-9-7-20(8-10-21)15-11-14(24-3)5-6-16(15)25-4/h5-6,11H,7-10H2,1-4H3,(H,18,19). The summed E-state index contributed by atoms with van der Waals surface area (Å²) in [6.07, 6.45) is 0. The van der Waals surface area contributed by atoms with Crippen LogP contribution >= 0.6 is 0 Å². The molecule has 0 amide bonds. The fourth-order valence-electron chi connectivity index (χ4n) is 3.26. The predicted molar refractivity (Wildman–Crippen MR) is 98.6 cm³/mol. The lowest BCUT2D eigenvalue weighted by molar-refractivity contribution is 0.376. The van der Waals surface area contributed by atoms with E-state index >= 15 is 0 Å². The van der Waals surface area contributed by atoms with Crippen LogP contribution in [0.4, 0.5) is 5.69 Å². The molecule has 1 saturated heterocycles. The van der Waals surface area contributed by atoms with Crippen LogP contribution < -0.4 is 14.4 Å². The average Bonchev–Trinajstić information content (AvgIpc) is 3.00. The van der Waals surface area contributed by atoms with Crippen LogP contribution in [0.3, 0.4) is 0 Å². The Kier molecular flexibility index (Phi) is 5.10. The van der Waals surface area contributed by atoms with E-state index in [4.69, 9.17) is 9.47 Å². The van der Waals surface area contributed by atoms with Gasteiger partial charge in [-0.15, -0.1) is 0 Å². The molecule has 142 valence electrons. The maximum absolute atomic E-state index is 13.0. The number of rotatable bonds is 5.